The predicted molar refractivity (Wildman–Crippen MR) is 75.7 cm³/mol. The monoisotopic (exact) mass is 254 g/mol. The molecule has 2 fully saturated rings. The highest BCUT2D eigenvalue weighted by Gasteiger charge is 2.30. The van der Waals surface area contributed by atoms with Gasteiger partial charge in [0.2, 0.25) is 0 Å². The fourth-order valence-corrected chi connectivity index (χ4v) is 3.63. The topological polar surface area (TPSA) is 26.7 Å². The molecule has 0 aromatic carbocycles. The van der Waals surface area contributed by atoms with Gasteiger partial charge in [-0.1, -0.05) is 6.92 Å². The lowest BCUT2D eigenvalue weighted by atomic mass is 9.80. The second kappa shape index (κ2) is 6.36. The average molecular weight is 254 g/mol. The molecule has 1 saturated heterocycles. The van der Waals surface area contributed by atoms with Crippen molar-refractivity contribution in [3.63, 3.8) is 0 Å². The van der Waals surface area contributed by atoms with Crippen LogP contribution in [0, 0.1) is 11.8 Å². The van der Waals surface area contributed by atoms with E-state index in [2.05, 4.69) is 30.8 Å². The number of nitrogens with zero attached hydrogens (tertiary/aromatic N) is 2. The van der Waals surface area contributed by atoms with Crippen molar-refractivity contribution in [3.8, 4) is 0 Å². The first-order valence-electron chi connectivity index (χ1n) is 7.63. The first kappa shape index (κ1) is 14.3. The molecular weight excluding hydrogens is 224 g/mol. The predicted octanol–water partition coefficient (Wildman–Crippen LogP) is 1.81. The van der Waals surface area contributed by atoms with Gasteiger partial charge in [-0.3, -0.25) is 0 Å². The van der Waals surface area contributed by atoms with Crippen molar-refractivity contribution in [1.82, 2.24) is 9.80 Å². The summed E-state index contributed by atoms with van der Waals surface area (Å²) in [4.78, 5) is 4.93. The summed E-state index contributed by atoms with van der Waals surface area (Å²) in [6, 6.07) is 0.761. The van der Waals surface area contributed by atoms with Gasteiger partial charge in [0.05, 0.1) is 6.10 Å². The van der Waals surface area contributed by atoms with Crippen LogP contribution in [0.5, 0.6) is 0 Å². The SMILES string of the molecule is CC1CCC(O)C(CN2CCC(N(C)C)CC2)C1. The Morgan fingerprint density at radius 1 is 1.11 bits per heavy atom. The largest absolute Gasteiger partial charge is 0.393 e. The van der Waals surface area contributed by atoms with Gasteiger partial charge in [0.25, 0.3) is 0 Å². The zero-order valence-corrected chi connectivity index (χ0v) is 12.3. The van der Waals surface area contributed by atoms with E-state index in [1.54, 1.807) is 0 Å². The molecule has 1 aliphatic carbocycles. The van der Waals surface area contributed by atoms with Gasteiger partial charge in [0.1, 0.15) is 0 Å². The van der Waals surface area contributed by atoms with Gasteiger partial charge in [-0.05, 0) is 71.1 Å². The van der Waals surface area contributed by atoms with Gasteiger partial charge in [0.15, 0.2) is 0 Å². The minimum atomic E-state index is -0.0484. The van der Waals surface area contributed by atoms with E-state index in [1.807, 2.05) is 0 Å². The molecule has 0 aromatic heterocycles. The summed E-state index contributed by atoms with van der Waals surface area (Å²) < 4.78 is 0. The number of piperidine rings is 1. The molecule has 3 heteroatoms. The van der Waals surface area contributed by atoms with Crippen LogP contribution in [0.15, 0.2) is 0 Å². The summed E-state index contributed by atoms with van der Waals surface area (Å²) in [6.45, 7) is 5.86. The fourth-order valence-electron chi connectivity index (χ4n) is 3.63. The minimum Gasteiger partial charge on any atom is -0.393 e. The van der Waals surface area contributed by atoms with Crippen LogP contribution in [0.25, 0.3) is 0 Å². The Morgan fingerprint density at radius 3 is 2.39 bits per heavy atom. The molecule has 3 nitrogen and oxygen atoms in total. The summed E-state index contributed by atoms with van der Waals surface area (Å²) in [5.74, 6) is 1.32. The van der Waals surface area contributed by atoms with Crippen molar-refractivity contribution < 1.29 is 5.11 Å². The molecule has 0 radical (unpaired) electrons. The van der Waals surface area contributed by atoms with E-state index in [1.165, 1.54) is 38.8 Å². The number of hydrogen-bond acceptors (Lipinski definition) is 3. The lowest BCUT2D eigenvalue weighted by Gasteiger charge is -2.39. The zero-order chi connectivity index (χ0) is 13.1. The van der Waals surface area contributed by atoms with Crippen molar-refractivity contribution in [2.45, 2.75) is 51.2 Å². The molecule has 1 aliphatic heterocycles. The second-order valence-corrected chi connectivity index (χ2v) is 6.74. The zero-order valence-electron chi connectivity index (χ0n) is 12.3. The molecule has 0 bridgehead atoms. The van der Waals surface area contributed by atoms with E-state index in [0.717, 1.165) is 24.9 Å². The third-order valence-corrected chi connectivity index (χ3v) is 4.98. The van der Waals surface area contributed by atoms with Crippen LogP contribution in [-0.4, -0.2) is 60.8 Å². The van der Waals surface area contributed by atoms with Crippen molar-refractivity contribution in [1.29, 1.82) is 0 Å². The summed E-state index contributed by atoms with van der Waals surface area (Å²) in [5.41, 5.74) is 0. The van der Waals surface area contributed by atoms with Crippen LogP contribution in [0.2, 0.25) is 0 Å². The number of hydrogen-bond donors (Lipinski definition) is 1. The molecule has 0 aromatic rings. The first-order chi connectivity index (χ1) is 8.56. The first-order valence-corrected chi connectivity index (χ1v) is 7.63. The maximum absolute atomic E-state index is 10.1. The molecule has 2 aliphatic rings. The lowest BCUT2D eigenvalue weighted by Crippen LogP contribution is -2.45. The molecule has 1 heterocycles. The molecule has 3 atom stereocenters. The molecule has 2 rings (SSSR count). The Kier molecular flexibility index (Phi) is 5.05. The van der Waals surface area contributed by atoms with Gasteiger partial charge >= 0.3 is 0 Å². The Labute approximate surface area is 112 Å². The van der Waals surface area contributed by atoms with Crippen LogP contribution >= 0.6 is 0 Å². The van der Waals surface area contributed by atoms with Crippen LogP contribution in [0.3, 0.4) is 0 Å². The van der Waals surface area contributed by atoms with Crippen molar-refractivity contribution in [2.24, 2.45) is 11.8 Å². The molecule has 0 amide bonds. The maximum Gasteiger partial charge on any atom is 0.0580 e. The van der Waals surface area contributed by atoms with Crippen LogP contribution < -0.4 is 0 Å². The third kappa shape index (κ3) is 3.69. The second-order valence-electron chi connectivity index (χ2n) is 6.74. The van der Waals surface area contributed by atoms with Crippen LogP contribution in [-0.2, 0) is 0 Å². The van der Waals surface area contributed by atoms with Gasteiger partial charge < -0.3 is 14.9 Å². The van der Waals surface area contributed by atoms with Gasteiger partial charge in [-0.2, -0.15) is 0 Å². The number of rotatable bonds is 3. The van der Waals surface area contributed by atoms with E-state index in [-0.39, 0.29) is 6.10 Å². The smallest absolute Gasteiger partial charge is 0.0580 e. The summed E-state index contributed by atoms with van der Waals surface area (Å²) in [5, 5.41) is 10.1. The Morgan fingerprint density at radius 2 is 1.78 bits per heavy atom. The van der Waals surface area contributed by atoms with E-state index >= 15 is 0 Å². The molecule has 106 valence electrons. The summed E-state index contributed by atoms with van der Waals surface area (Å²) in [7, 11) is 4.37. The highest BCUT2D eigenvalue weighted by Crippen LogP contribution is 2.30. The number of aliphatic hydroxyl groups is 1. The van der Waals surface area contributed by atoms with Crippen LogP contribution in [0.1, 0.15) is 39.0 Å². The Balaban J connectivity index is 1.77. The van der Waals surface area contributed by atoms with Gasteiger partial charge in [-0.25, -0.2) is 0 Å². The maximum atomic E-state index is 10.1. The average Bonchev–Trinajstić information content (AvgIpc) is 2.34. The summed E-state index contributed by atoms with van der Waals surface area (Å²) in [6.07, 6.45) is 5.96. The van der Waals surface area contributed by atoms with Crippen molar-refractivity contribution in [2.75, 3.05) is 33.7 Å². The van der Waals surface area contributed by atoms with E-state index in [9.17, 15) is 5.11 Å². The standard InChI is InChI=1S/C15H30N2O/c1-12-4-5-15(18)13(10-12)11-17-8-6-14(7-9-17)16(2)3/h12-15,18H,4-11H2,1-3H3. The number of aliphatic hydroxyl groups excluding tert-OH is 1. The van der Waals surface area contributed by atoms with E-state index in [4.69, 9.17) is 0 Å². The highest BCUT2D eigenvalue weighted by molar-refractivity contribution is 4.83. The van der Waals surface area contributed by atoms with E-state index < -0.39 is 0 Å². The Bertz CT molecular complexity index is 249. The molecule has 0 spiro atoms. The lowest BCUT2D eigenvalue weighted by molar-refractivity contribution is 0.0219. The molecule has 1 N–H and O–H groups in total. The summed E-state index contributed by atoms with van der Waals surface area (Å²) >= 11 is 0. The fraction of sp³-hybridized carbons (Fsp3) is 1.00. The minimum absolute atomic E-state index is 0.0484. The van der Waals surface area contributed by atoms with Gasteiger partial charge in [0, 0.05) is 12.6 Å². The van der Waals surface area contributed by atoms with Crippen molar-refractivity contribution in [3.05, 3.63) is 0 Å². The molecule has 3 unspecified atom stereocenters. The van der Waals surface area contributed by atoms with Crippen molar-refractivity contribution >= 4 is 0 Å². The van der Waals surface area contributed by atoms with Crippen LogP contribution in [0.4, 0.5) is 0 Å². The molecule has 1 saturated carbocycles. The number of likely N-dealkylation sites (tertiary alicyclic amines) is 1. The third-order valence-electron chi connectivity index (χ3n) is 4.98. The normalized spacial score (nSPS) is 36.2. The molecule has 18 heavy (non-hydrogen) atoms. The quantitative estimate of drug-likeness (QED) is 0.832. The highest BCUT2D eigenvalue weighted by atomic mass is 16.3. The molecular formula is C15H30N2O. The van der Waals surface area contributed by atoms with E-state index in [0.29, 0.717) is 5.92 Å². The van der Waals surface area contributed by atoms with Gasteiger partial charge in [-0.15, -0.1) is 0 Å². The Hall–Kier alpha value is -0.120.